The highest BCUT2D eigenvalue weighted by atomic mass is 35.5. The number of hydrogen-bond donors (Lipinski definition) is 0. The number of aryl methyl sites for hydroxylation is 2. The number of aromatic nitrogens is 3. The third-order valence-electron chi connectivity index (χ3n) is 3.50. The topological polar surface area (TPSA) is 57.0 Å². The van der Waals surface area contributed by atoms with Crippen LogP contribution in [0, 0.1) is 0 Å². The molecule has 0 fully saturated rings. The van der Waals surface area contributed by atoms with Crippen molar-refractivity contribution < 1.29 is 8.95 Å². The van der Waals surface area contributed by atoms with Crippen LogP contribution < -0.4 is 4.74 Å². The maximum Gasteiger partial charge on any atom is 0.215 e. The molecular weight excluding hydrogens is 310 g/mol. The highest BCUT2D eigenvalue weighted by Gasteiger charge is 2.14. The SMILES string of the molecule is COc1ccc2nc(CCCl)n(CCC(C)S(C)=O)c2n1. The molecule has 0 saturated heterocycles. The molecule has 0 N–H and O–H groups in total. The van der Waals surface area contributed by atoms with E-state index in [4.69, 9.17) is 16.3 Å². The number of hydrogen-bond acceptors (Lipinski definition) is 4. The number of nitrogens with zero attached hydrogens (tertiary/aromatic N) is 3. The molecule has 2 rings (SSSR count). The largest absolute Gasteiger partial charge is 0.481 e. The van der Waals surface area contributed by atoms with Crippen LogP contribution in [0.2, 0.25) is 0 Å². The van der Waals surface area contributed by atoms with E-state index in [1.54, 1.807) is 19.4 Å². The van der Waals surface area contributed by atoms with E-state index in [1.165, 1.54) is 0 Å². The van der Waals surface area contributed by atoms with Crippen molar-refractivity contribution in [3.63, 3.8) is 0 Å². The lowest BCUT2D eigenvalue weighted by atomic mass is 10.3. The molecule has 0 amide bonds. The van der Waals surface area contributed by atoms with Gasteiger partial charge in [-0.2, -0.15) is 4.98 Å². The van der Waals surface area contributed by atoms with E-state index in [1.807, 2.05) is 13.0 Å². The molecule has 2 atom stereocenters. The van der Waals surface area contributed by atoms with Gasteiger partial charge in [-0.05, 0) is 12.5 Å². The van der Waals surface area contributed by atoms with Crippen LogP contribution in [0.4, 0.5) is 0 Å². The molecule has 7 heteroatoms. The second-order valence-electron chi connectivity index (χ2n) is 4.91. The number of fused-ring (bicyclic) bond motifs is 1. The fourth-order valence-electron chi connectivity index (χ4n) is 2.13. The van der Waals surface area contributed by atoms with E-state index in [0.29, 0.717) is 18.2 Å². The summed E-state index contributed by atoms with van der Waals surface area (Å²) in [5, 5.41) is 0.136. The monoisotopic (exact) mass is 329 g/mol. The zero-order valence-corrected chi connectivity index (χ0v) is 14.1. The Labute approximate surface area is 132 Å². The fourth-order valence-corrected chi connectivity index (χ4v) is 2.74. The van der Waals surface area contributed by atoms with Crippen molar-refractivity contribution in [2.45, 2.75) is 31.6 Å². The van der Waals surface area contributed by atoms with Gasteiger partial charge in [-0.15, -0.1) is 11.6 Å². The van der Waals surface area contributed by atoms with Gasteiger partial charge in [-0.1, -0.05) is 6.92 Å². The maximum absolute atomic E-state index is 11.5. The number of ether oxygens (including phenoxy) is 1. The predicted octanol–water partition coefficient (Wildman–Crippen LogP) is 2.38. The van der Waals surface area contributed by atoms with Crippen LogP contribution in [0.3, 0.4) is 0 Å². The smallest absolute Gasteiger partial charge is 0.215 e. The van der Waals surface area contributed by atoms with Gasteiger partial charge in [-0.3, -0.25) is 4.21 Å². The Kier molecular flexibility index (Phi) is 5.58. The van der Waals surface area contributed by atoms with E-state index in [-0.39, 0.29) is 5.25 Å². The van der Waals surface area contributed by atoms with E-state index >= 15 is 0 Å². The molecule has 0 saturated carbocycles. The van der Waals surface area contributed by atoms with Crippen LogP contribution in [0.25, 0.3) is 11.2 Å². The molecule has 0 aliphatic carbocycles. The minimum Gasteiger partial charge on any atom is -0.481 e. The first kappa shape index (κ1) is 16.2. The number of methoxy groups -OCH3 is 1. The maximum atomic E-state index is 11.5. The summed E-state index contributed by atoms with van der Waals surface area (Å²) >= 11 is 5.86. The van der Waals surface area contributed by atoms with Gasteiger partial charge in [0.15, 0.2) is 5.65 Å². The third-order valence-corrected chi connectivity index (χ3v) is 5.06. The summed E-state index contributed by atoms with van der Waals surface area (Å²) in [5.74, 6) is 1.98. The van der Waals surface area contributed by atoms with Crippen molar-refractivity contribution in [2.24, 2.45) is 0 Å². The van der Waals surface area contributed by atoms with Crippen molar-refractivity contribution in [3.05, 3.63) is 18.0 Å². The minimum atomic E-state index is -0.827. The molecule has 0 spiro atoms. The van der Waals surface area contributed by atoms with Crippen LogP contribution >= 0.6 is 11.6 Å². The lowest BCUT2D eigenvalue weighted by Crippen LogP contribution is -2.14. The molecule has 5 nitrogen and oxygen atoms in total. The van der Waals surface area contributed by atoms with Crippen LogP contribution in [0.5, 0.6) is 5.88 Å². The molecule has 0 aliphatic heterocycles. The quantitative estimate of drug-likeness (QED) is 0.732. The zero-order valence-electron chi connectivity index (χ0n) is 12.5. The third kappa shape index (κ3) is 3.74. The normalized spacial score (nSPS) is 14.3. The molecular formula is C14H20ClN3O2S. The van der Waals surface area contributed by atoms with Crippen molar-refractivity contribution in [2.75, 3.05) is 19.2 Å². The van der Waals surface area contributed by atoms with Crippen LogP contribution in [-0.2, 0) is 23.8 Å². The van der Waals surface area contributed by atoms with Gasteiger partial charge in [0, 0.05) is 47.2 Å². The Morgan fingerprint density at radius 1 is 1.43 bits per heavy atom. The average Bonchev–Trinajstić information content (AvgIpc) is 2.81. The van der Waals surface area contributed by atoms with E-state index in [0.717, 1.165) is 30.0 Å². The zero-order chi connectivity index (χ0) is 15.4. The summed E-state index contributed by atoms with van der Waals surface area (Å²) < 4.78 is 18.7. The molecule has 2 heterocycles. The number of halogens is 1. The molecule has 21 heavy (non-hydrogen) atoms. The molecule has 0 aliphatic rings. The Hall–Kier alpha value is -1.14. The van der Waals surface area contributed by atoms with Crippen molar-refractivity contribution in [1.82, 2.24) is 14.5 Å². The van der Waals surface area contributed by atoms with Crippen molar-refractivity contribution in [3.8, 4) is 5.88 Å². The average molecular weight is 330 g/mol. The van der Waals surface area contributed by atoms with Crippen LogP contribution in [-0.4, -0.2) is 43.2 Å². The van der Waals surface area contributed by atoms with Crippen LogP contribution in [0.1, 0.15) is 19.2 Å². The summed E-state index contributed by atoms with van der Waals surface area (Å²) in [6, 6.07) is 3.70. The van der Waals surface area contributed by atoms with Gasteiger partial charge >= 0.3 is 0 Å². The Morgan fingerprint density at radius 2 is 2.19 bits per heavy atom. The van der Waals surface area contributed by atoms with Gasteiger partial charge in [0.1, 0.15) is 11.3 Å². The molecule has 0 bridgehead atoms. The Bertz CT molecular complexity index is 644. The fraction of sp³-hybridized carbons (Fsp3) is 0.571. The van der Waals surface area contributed by atoms with Gasteiger partial charge in [0.25, 0.3) is 0 Å². The molecule has 116 valence electrons. The Balaban J connectivity index is 2.36. The first-order valence-electron chi connectivity index (χ1n) is 6.85. The second kappa shape index (κ2) is 7.22. The molecule has 2 aromatic rings. The minimum absolute atomic E-state index is 0.136. The molecule has 2 unspecified atom stereocenters. The van der Waals surface area contributed by atoms with Gasteiger partial charge < -0.3 is 9.30 Å². The first-order valence-corrected chi connectivity index (χ1v) is 9.00. The van der Waals surface area contributed by atoms with E-state index in [9.17, 15) is 4.21 Å². The van der Waals surface area contributed by atoms with Crippen molar-refractivity contribution in [1.29, 1.82) is 0 Å². The second-order valence-corrected chi connectivity index (χ2v) is 7.09. The summed E-state index contributed by atoms with van der Waals surface area (Å²) in [6.45, 7) is 2.72. The van der Waals surface area contributed by atoms with E-state index in [2.05, 4.69) is 14.5 Å². The first-order chi connectivity index (χ1) is 10.1. The highest BCUT2D eigenvalue weighted by Crippen LogP contribution is 2.20. The number of pyridine rings is 1. The van der Waals surface area contributed by atoms with Gasteiger partial charge in [0.05, 0.1) is 7.11 Å². The molecule has 0 radical (unpaired) electrons. The summed E-state index contributed by atoms with van der Waals surface area (Å²) in [5.41, 5.74) is 1.63. The lowest BCUT2D eigenvalue weighted by molar-refractivity contribution is 0.399. The number of rotatable bonds is 7. The van der Waals surface area contributed by atoms with Gasteiger partial charge in [-0.25, -0.2) is 4.98 Å². The Morgan fingerprint density at radius 3 is 2.81 bits per heavy atom. The predicted molar refractivity (Wildman–Crippen MR) is 86.6 cm³/mol. The van der Waals surface area contributed by atoms with Crippen LogP contribution in [0.15, 0.2) is 12.1 Å². The van der Waals surface area contributed by atoms with Crippen molar-refractivity contribution >= 4 is 33.6 Å². The summed E-state index contributed by atoms with van der Waals surface area (Å²) in [6.07, 6.45) is 3.23. The molecule has 0 aromatic carbocycles. The standard InChI is InChI=1S/C14H20ClN3O2S/c1-10(21(3)19)7-9-18-12(6-8-15)16-11-4-5-13(20-2)17-14(11)18/h4-5,10H,6-9H2,1-3H3. The number of imidazole rings is 1. The summed E-state index contributed by atoms with van der Waals surface area (Å²) in [7, 11) is 0.767. The highest BCUT2D eigenvalue weighted by molar-refractivity contribution is 7.84. The van der Waals surface area contributed by atoms with E-state index < -0.39 is 10.8 Å². The van der Waals surface area contributed by atoms with Gasteiger partial charge in [0.2, 0.25) is 5.88 Å². The molecule has 2 aromatic heterocycles. The summed E-state index contributed by atoms with van der Waals surface area (Å²) in [4.78, 5) is 9.06. The lowest BCUT2D eigenvalue weighted by Gasteiger charge is -2.11. The number of alkyl halides is 1.